The van der Waals surface area contributed by atoms with Crippen LogP contribution in [0.4, 0.5) is 5.00 Å². The van der Waals surface area contributed by atoms with Gasteiger partial charge < -0.3 is 10.1 Å². The molecule has 1 fully saturated rings. The Kier molecular flexibility index (Phi) is 6.86. The number of piperidine rings is 1. The number of rotatable bonds is 6. The lowest BCUT2D eigenvalue weighted by molar-refractivity contribution is -0.150. The highest BCUT2D eigenvalue weighted by molar-refractivity contribution is 7.16. The van der Waals surface area contributed by atoms with Gasteiger partial charge in [0.1, 0.15) is 5.00 Å². The van der Waals surface area contributed by atoms with Crippen molar-refractivity contribution in [1.82, 2.24) is 4.90 Å². The Hall–Kier alpha value is -2.18. The number of likely N-dealkylation sites (tertiary alicyclic amines) is 1. The van der Waals surface area contributed by atoms with Gasteiger partial charge in [-0.15, -0.1) is 11.3 Å². The maximum atomic E-state index is 12.6. The van der Waals surface area contributed by atoms with E-state index in [-0.39, 0.29) is 17.8 Å². The van der Waals surface area contributed by atoms with Gasteiger partial charge in [0.05, 0.1) is 12.5 Å². The lowest BCUT2D eigenvalue weighted by atomic mass is 9.97. The van der Waals surface area contributed by atoms with Crippen molar-refractivity contribution >= 4 is 28.2 Å². The largest absolute Gasteiger partial charge is 0.466 e. The third-order valence-corrected chi connectivity index (χ3v) is 6.45. The van der Waals surface area contributed by atoms with Crippen molar-refractivity contribution in [3.8, 4) is 0 Å². The van der Waals surface area contributed by atoms with Crippen LogP contribution >= 0.6 is 11.3 Å². The van der Waals surface area contributed by atoms with Crippen LogP contribution in [0.2, 0.25) is 0 Å². The molecule has 1 amide bonds. The standard InChI is InChI=1S/C22H28N2O3S/c1-4-27-22(26)18-11-8-12-24(13-18)14-19-15(2)16(3)28-21(19)23-20(25)17-9-6-5-7-10-17/h5-7,9-10,18H,4,8,11-14H2,1-3H3,(H,23,25)/t18-/m1/s1. The van der Waals surface area contributed by atoms with E-state index in [1.807, 2.05) is 37.3 Å². The molecular weight excluding hydrogens is 372 g/mol. The van der Waals surface area contributed by atoms with Crippen LogP contribution in [0.5, 0.6) is 0 Å². The molecule has 1 atom stereocenters. The van der Waals surface area contributed by atoms with Gasteiger partial charge in [-0.1, -0.05) is 18.2 Å². The minimum Gasteiger partial charge on any atom is -0.466 e. The van der Waals surface area contributed by atoms with E-state index in [2.05, 4.69) is 24.1 Å². The molecular formula is C22H28N2O3S. The number of thiophene rings is 1. The lowest BCUT2D eigenvalue weighted by Crippen LogP contribution is -2.39. The molecule has 6 heteroatoms. The summed E-state index contributed by atoms with van der Waals surface area (Å²) in [5, 5.41) is 4.00. The molecule has 1 saturated heterocycles. The van der Waals surface area contributed by atoms with Crippen molar-refractivity contribution in [2.75, 3.05) is 25.0 Å². The van der Waals surface area contributed by atoms with Crippen molar-refractivity contribution in [1.29, 1.82) is 0 Å². The van der Waals surface area contributed by atoms with E-state index >= 15 is 0 Å². The predicted molar refractivity (Wildman–Crippen MR) is 113 cm³/mol. The van der Waals surface area contributed by atoms with Crippen LogP contribution in [-0.4, -0.2) is 36.5 Å². The second kappa shape index (κ2) is 9.34. The van der Waals surface area contributed by atoms with E-state index in [1.54, 1.807) is 11.3 Å². The monoisotopic (exact) mass is 400 g/mol. The third-order valence-electron chi connectivity index (χ3n) is 5.28. The molecule has 0 saturated carbocycles. The van der Waals surface area contributed by atoms with Crippen molar-refractivity contribution < 1.29 is 14.3 Å². The zero-order chi connectivity index (χ0) is 20.1. The fraction of sp³-hybridized carbons (Fsp3) is 0.455. The minimum atomic E-state index is -0.0944. The first kappa shape index (κ1) is 20.6. The second-order valence-electron chi connectivity index (χ2n) is 7.24. The first-order valence-electron chi connectivity index (χ1n) is 9.83. The zero-order valence-electron chi connectivity index (χ0n) is 16.8. The molecule has 3 rings (SSSR count). The topological polar surface area (TPSA) is 58.6 Å². The fourth-order valence-corrected chi connectivity index (χ4v) is 4.67. The Labute approximate surface area is 170 Å². The van der Waals surface area contributed by atoms with Crippen molar-refractivity contribution in [2.24, 2.45) is 5.92 Å². The molecule has 5 nitrogen and oxygen atoms in total. The van der Waals surface area contributed by atoms with Crippen molar-refractivity contribution in [3.63, 3.8) is 0 Å². The number of aryl methyl sites for hydroxylation is 1. The molecule has 1 aliphatic heterocycles. The Bertz CT molecular complexity index is 832. The van der Waals surface area contributed by atoms with E-state index in [0.717, 1.165) is 36.5 Å². The molecule has 1 N–H and O–H groups in total. The molecule has 1 aromatic carbocycles. The number of amides is 1. The lowest BCUT2D eigenvalue weighted by Gasteiger charge is -2.31. The summed E-state index contributed by atoms with van der Waals surface area (Å²) in [5.74, 6) is -0.245. The van der Waals surface area contributed by atoms with Gasteiger partial charge in [0.2, 0.25) is 0 Å². The number of benzene rings is 1. The summed E-state index contributed by atoms with van der Waals surface area (Å²) in [6.45, 7) is 8.85. The maximum absolute atomic E-state index is 12.6. The molecule has 2 heterocycles. The van der Waals surface area contributed by atoms with E-state index in [4.69, 9.17) is 4.74 Å². The van der Waals surface area contributed by atoms with Gasteiger partial charge in [-0.2, -0.15) is 0 Å². The number of nitrogens with zero attached hydrogens (tertiary/aromatic N) is 1. The zero-order valence-corrected chi connectivity index (χ0v) is 17.6. The Morgan fingerprint density at radius 2 is 2.00 bits per heavy atom. The second-order valence-corrected chi connectivity index (χ2v) is 8.46. The summed E-state index contributed by atoms with van der Waals surface area (Å²) in [4.78, 5) is 28.3. The summed E-state index contributed by atoms with van der Waals surface area (Å²) in [7, 11) is 0. The summed E-state index contributed by atoms with van der Waals surface area (Å²) >= 11 is 1.62. The number of ether oxygens (including phenoxy) is 1. The summed E-state index contributed by atoms with van der Waals surface area (Å²) in [5.41, 5.74) is 3.01. The smallest absolute Gasteiger partial charge is 0.310 e. The Balaban J connectivity index is 1.73. The summed E-state index contributed by atoms with van der Waals surface area (Å²) < 4.78 is 5.21. The first-order chi connectivity index (χ1) is 13.5. The van der Waals surface area contributed by atoms with Gasteiger partial charge >= 0.3 is 5.97 Å². The van der Waals surface area contributed by atoms with Crippen LogP contribution in [-0.2, 0) is 16.1 Å². The number of carbonyl (C=O) groups excluding carboxylic acids is 2. The highest BCUT2D eigenvalue weighted by Crippen LogP contribution is 2.34. The van der Waals surface area contributed by atoms with Gasteiger partial charge in [0, 0.05) is 29.1 Å². The van der Waals surface area contributed by atoms with E-state index in [9.17, 15) is 9.59 Å². The average molecular weight is 401 g/mol. The van der Waals surface area contributed by atoms with E-state index in [1.165, 1.54) is 10.4 Å². The van der Waals surface area contributed by atoms with Crippen LogP contribution in [0.15, 0.2) is 30.3 Å². The highest BCUT2D eigenvalue weighted by atomic mass is 32.1. The number of hydrogen-bond acceptors (Lipinski definition) is 5. The van der Waals surface area contributed by atoms with E-state index < -0.39 is 0 Å². The normalized spacial score (nSPS) is 17.3. The Morgan fingerprint density at radius 3 is 2.71 bits per heavy atom. The number of carbonyl (C=O) groups is 2. The van der Waals surface area contributed by atoms with Crippen LogP contribution in [0.3, 0.4) is 0 Å². The molecule has 150 valence electrons. The van der Waals surface area contributed by atoms with Crippen LogP contribution in [0, 0.1) is 19.8 Å². The van der Waals surface area contributed by atoms with Crippen molar-refractivity contribution in [2.45, 2.75) is 40.2 Å². The van der Waals surface area contributed by atoms with Gasteiger partial charge in [-0.05, 0) is 57.9 Å². The fourth-order valence-electron chi connectivity index (χ4n) is 3.61. The molecule has 0 unspecified atom stereocenters. The molecule has 0 bridgehead atoms. The molecule has 28 heavy (non-hydrogen) atoms. The van der Waals surface area contributed by atoms with Crippen LogP contribution in [0.25, 0.3) is 0 Å². The molecule has 0 radical (unpaired) electrons. The summed E-state index contributed by atoms with van der Waals surface area (Å²) in [6.07, 6.45) is 1.87. The van der Waals surface area contributed by atoms with Gasteiger partial charge in [-0.25, -0.2) is 0 Å². The number of hydrogen-bond donors (Lipinski definition) is 1. The average Bonchev–Trinajstić information content (AvgIpc) is 2.96. The highest BCUT2D eigenvalue weighted by Gasteiger charge is 2.28. The van der Waals surface area contributed by atoms with Gasteiger partial charge in [0.25, 0.3) is 5.91 Å². The van der Waals surface area contributed by atoms with Crippen molar-refractivity contribution in [3.05, 3.63) is 51.9 Å². The number of anilines is 1. The van der Waals surface area contributed by atoms with Gasteiger partial charge in [-0.3, -0.25) is 14.5 Å². The number of nitrogens with one attached hydrogen (secondary N) is 1. The quantitative estimate of drug-likeness (QED) is 0.731. The molecule has 1 aliphatic rings. The molecule has 0 spiro atoms. The minimum absolute atomic E-state index is 0.0592. The van der Waals surface area contributed by atoms with Gasteiger partial charge in [0.15, 0.2) is 0 Å². The molecule has 2 aromatic rings. The third kappa shape index (κ3) is 4.80. The first-order valence-corrected chi connectivity index (χ1v) is 10.7. The number of esters is 1. The van der Waals surface area contributed by atoms with E-state index in [0.29, 0.717) is 18.7 Å². The SMILES string of the molecule is CCOC(=O)[C@@H]1CCCN(Cc2c(NC(=O)c3ccccc3)sc(C)c2C)C1. The maximum Gasteiger partial charge on any atom is 0.310 e. The Morgan fingerprint density at radius 1 is 1.25 bits per heavy atom. The summed E-state index contributed by atoms with van der Waals surface area (Å²) in [6, 6.07) is 9.26. The van der Waals surface area contributed by atoms with Crippen LogP contribution < -0.4 is 5.32 Å². The molecule has 0 aliphatic carbocycles. The predicted octanol–water partition coefficient (Wildman–Crippen LogP) is 4.39. The molecule has 1 aromatic heterocycles. The van der Waals surface area contributed by atoms with Crippen LogP contribution in [0.1, 0.15) is 46.1 Å².